The third kappa shape index (κ3) is 2.42. The van der Waals surface area contributed by atoms with Gasteiger partial charge in [0.05, 0.1) is 5.88 Å². The molecule has 0 amide bonds. The van der Waals surface area contributed by atoms with Gasteiger partial charge >= 0.3 is 0 Å². The highest BCUT2D eigenvalue weighted by atomic mass is 35.5. The smallest absolute Gasteiger partial charge is 0.231 e. The van der Waals surface area contributed by atoms with Crippen LogP contribution in [0.15, 0.2) is 18.2 Å². The maximum atomic E-state index is 11.0. The molecule has 2 rings (SSSR count). The molecule has 1 aliphatic heterocycles. The lowest BCUT2D eigenvalue weighted by Gasteiger charge is -2.01. The van der Waals surface area contributed by atoms with Crippen molar-refractivity contribution >= 4 is 17.4 Å². The molecule has 1 heterocycles. The second-order valence-electron chi connectivity index (χ2n) is 3.36. The molecule has 3 nitrogen and oxygen atoms in total. The van der Waals surface area contributed by atoms with Crippen LogP contribution in [0.5, 0.6) is 11.5 Å². The summed E-state index contributed by atoms with van der Waals surface area (Å²) in [5, 5.41) is 0. The molecule has 4 heteroatoms. The molecule has 15 heavy (non-hydrogen) atoms. The number of hydrogen-bond acceptors (Lipinski definition) is 3. The van der Waals surface area contributed by atoms with Crippen LogP contribution in [-0.2, 0) is 11.2 Å². The van der Waals surface area contributed by atoms with Crippen LogP contribution in [0, 0.1) is 0 Å². The number of carbonyl (C=O) groups is 1. The Morgan fingerprint density at radius 3 is 2.93 bits per heavy atom. The summed E-state index contributed by atoms with van der Waals surface area (Å²) in [7, 11) is 0. The van der Waals surface area contributed by atoms with E-state index in [2.05, 4.69) is 0 Å². The molecule has 80 valence electrons. The van der Waals surface area contributed by atoms with Gasteiger partial charge in [-0.1, -0.05) is 6.07 Å². The number of ketones is 1. The molecule has 0 saturated heterocycles. The predicted molar refractivity (Wildman–Crippen MR) is 56.6 cm³/mol. The lowest BCUT2D eigenvalue weighted by atomic mass is 10.1. The van der Waals surface area contributed by atoms with E-state index in [9.17, 15) is 4.79 Å². The monoisotopic (exact) mass is 226 g/mol. The van der Waals surface area contributed by atoms with Crippen molar-refractivity contribution in [3.05, 3.63) is 23.8 Å². The van der Waals surface area contributed by atoms with Crippen LogP contribution >= 0.6 is 11.6 Å². The molecule has 0 aromatic heterocycles. The van der Waals surface area contributed by atoms with E-state index >= 15 is 0 Å². The first-order valence-corrected chi connectivity index (χ1v) is 5.29. The molecular weight excluding hydrogens is 216 g/mol. The summed E-state index contributed by atoms with van der Waals surface area (Å²) in [5.74, 6) is 1.67. The van der Waals surface area contributed by atoms with E-state index in [1.807, 2.05) is 18.2 Å². The Labute approximate surface area is 92.9 Å². The van der Waals surface area contributed by atoms with Crippen molar-refractivity contribution in [2.75, 3.05) is 12.7 Å². The van der Waals surface area contributed by atoms with Gasteiger partial charge in [0.1, 0.15) is 5.78 Å². The van der Waals surface area contributed by atoms with Gasteiger partial charge < -0.3 is 9.47 Å². The molecular formula is C11H11ClO3. The lowest BCUT2D eigenvalue weighted by molar-refractivity contribution is -0.116. The van der Waals surface area contributed by atoms with Crippen molar-refractivity contribution in [3.63, 3.8) is 0 Å². The zero-order chi connectivity index (χ0) is 10.7. The predicted octanol–water partition coefficient (Wildman–Crippen LogP) is 2.16. The first-order chi connectivity index (χ1) is 7.29. The van der Waals surface area contributed by atoms with E-state index in [0.717, 1.165) is 17.1 Å². The summed E-state index contributed by atoms with van der Waals surface area (Å²) in [6, 6.07) is 5.71. The molecule has 1 aromatic carbocycles. The Kier molecular flexibility index (Phi) is 3.11. The Bertz CT molecular complexity index is 376. The normalized spacial score (nSPS) is 12.9. The third-order valence-corrected chi connectivity index (χ3v) is 2.58. The van der Waals surface area contributed by atoms with E-state index in [1.165, 1.54) is 0 Å². The number of Topliss-reactive ketones (excluding diaryl/α,β-unsaturated/α-hetero) is 1. The number of carbonyl (C=O) groups excluding carboxylic acids is 1. The van der Waals surface area contributed by atoms with Gasteiger partial charge in [-0.3, -0.25) is 4.79 Å². The highest BCUT2D eigenvalue weighted by Crippen LogP contribution is 2.32. The van der Waals surface area contributed by atoms with E-state index in [-0.39, 0.29) is 18.5 Å². The van der Waals surface area contributed by atoms with Crippen molar-refractivity contribution in [3.8, 4) is 11.5 Å². The van der Waals surface area contributed by atoms with Crippen molar-refractivity contribution in [1.82, 2.24) is 0 Å². The molecule has 1 aliphatic rings. The number of benzene rings is 1. The summed E-state index contributed by atoms with van der Waals surface area (Å²) in [6.45, 7) is 0.277. The minimum atomic E-state index is 0.0642. The number of hydrogen-bond donors (Lipinski definition) is 0. The van der Waals surface area contributed by atoms with E-state index in [0.29, 0.717) is 12.8 Å². The molecule has 0 radical (unpaired) electrons. The number of fused-ring (bicyclic) bond motifs is 1. The number of halogens is 1. The maximum absolute atomic E-state index is 11.0. The van der Waals surface area contributed by atoms with Crippen LogP contribution in [0.4, 0.5) is 0 Å². The summed E-state index contributed by atoms with van der Waals surface area (Å²) in [6.07, 6.45) is 1.17. The summed E-state index contributed by atoms with van der Waals surface area (Å²) >= 11 is 5.42. The van der Waals surface area contributed by atoms with Crippen LogP contribution in [0.25, 0.3) is 0 Å². The lowest BCUT2D eigenvalue weighted by Crippen LogP contribution is -2.00. The second kappa shape index (κ2) is 4.53. The first-order valence-electron chi connectivity index (χ1n) is 4.76. The molecule has 0 aliphatic carbocycles. The molecule has 1 aromatic rings. The molecule has 0 fully saturated rings. The fourth-order valence-corrected chi connectivity index (χ4v) is 1.58. The average Bonchev–Trinajstić information content (AvgIpc) is 2.72. The van der Waals surface area contributed by atoms with Gasteiger partial charge in [-0.05, 0) is 24.1 Å². The molecule has 0 unspecified atom stereocenters. The fraction of sp³-hybridized carbons (Fsp3) is 0.364. The van der Waals surface area contributed by atoms with Gasteiger partial charge in [-0.25, -0.2) is 0 Å². The van der Waals surface area contributed by atoms with E-state index in [1.54, 1.807) is 0 Å². The summed E-state index contributed by atoms with van der Waals surface area (Å²) in [5.41, 5.74) is 1.07. The molecule has 0 bridgehead atoms. The summed E-state index contributed by atoms with van der Waals surface area (Å²) in [4.78, 5) is 11.0. The summed E-state index contributed by atoms with van der Waals surface area (Å²) < 4.78 is 10.4. The zero-order valence-corrected chi connectivity index (χ0v) is 8.92. The highest BCUT2D eigenvalue weighted by Gasteiger charge is 2.13. The van der Waals surface area contributed by atoms with Gasteiger partial charge in [0.15, 0.2) is 11.5 Å². The molecule has 0 saturated carbocycles. The van der Waals surface area contributed by atoms with Gasteiger partial charge in [0.25, 0.3) is 0 Å². The second-order valence-corrected chi connectivity index (χ2v) is 3.63. The van der Waals surface area contributed by atoms with Crippen molar-refractivity contribution in [1.29, 1.82) is 0 Å². The number of aryl methyl sites for hydroxylation is 1. The van der Waals surface area contributed by atoms with Crippen molar-refractivity contribution in [2.45, 2.75) is 12.8 Å². The number of rotatable bonds is 4. The topological polar surface area (TPSA) is 35.5 Å². The Morgan fingerprint density at radius 1 is 1.33 bits per heavy atom. The minimum Gasteiger partial charge on any atom is -0.454 e. The van der Waals surface area contributed by atoms with Crippen LogP contribution in [0.3, 0.4) is 0 Å². The third-order valence-electron chi connectivity index (χ3n) is 2.28. The van der Waals surface area contributed by atoms with Crippen molar-refractivity contribution < 1.29 is 14.3 Å². The van der Waals surface area contributed by atoms with Gasteiger partial charge in [-0.15, -0.1) is 11.6 Å². The quantitative estimate of drug-likeness (QED) is 0.738. The van der Waals surface area contributed by atoms with Crippen LogP contribution in [0.1, 0.15) is 12.0 Å². The minimum absolute atomic E-state index is 0.0642. The zero-order valence-electron chi connectivity index (χ0n) is 8.16. The van der Waals surface area contributed by atoms with Crippen molar-refractivity contribution in [2.24, 2.45) is 0 Å². The van der Waals surface area contributed by atoms with Gasteiger partial charge in [0.2, 0.25) is 6.79 Å². The Balaban J connectivity index is 2.01. The Morgan fingerprint density at radius 2 is 2.13 bits per heavy atom. The van der Waals surface area contributed by atoms with Crippen LogP contribution in [0.2, 0.25) is 0 Å². The first kappa shape index (κ1) is 10.3. The van der Waals surface area contributed by atoms with E-state index < -0.39 is 0 Å². The van der Waals surface area contributed by atoms with Gasteiger partial charge in [0, 0.05) is 6.42 Å². The van der Waals surface area contributed by atoms with E-state index in [4.69, 9.17) is 21.1 Å². The SMILES string of the molecule is O=C(CCl)CCc1ccc2c(c1)OCO2. The largest absolute Gasteiger partial charge is 0.454 e. The number of ether oxygens (including phenoxy) is 2. The molecule has 0 spiro atoms. The maximum Gasteiger partial charge on any atom is 0.231 e. The standard InChI is InChI=1S/C11H11ClO3/c12-6-9(13)3-1-8-2-4-10-11(5-8)15-7-14-10/h2,4-5H,1,3,6-7H2. The highest BCUT2D eigenvalue weighted by molar-refractivity contribution is 6.27. The Hall–Kier alpha value is -1.22. The molecule has 0 N–H and O–H groups in total. The number of alkyl halides is 1. The average molecular weight is 227 g/mol. The fourth-order valence-electron chi connectivity index (χ4n) is 1.45. The van der Waals surface area contributed by atoms with Crippen LogP contribution < -0.4 is 9.47 Å². The molecule has 0 atom stereocenters. The van der Waals surface area contributed by atoms with Gasteiger partial charge in [-0.2, -0.15) is 0 Å². The van der Waals surface area contributed by atoms with Crippen LogP contribution in [-0.4, -0.2) is 18.5 Å².